The zero-order chi connectivity index (χ0) is 11.5. The molecule has 1 aliphatic carbocycles. The van der Waals surface area contributed by atoms with Gasteiger partial charge in [0.2, 0.25) is 0 Å². The SMILES string of the molecule is N#CC1(c2cc3c4c(c2)CCN4CCC3)CC1. The average molecular weight is 224 g/mol. The van der Waals surface area contributed by atoms with Crippen molar-refractivity contribution < 1.29 is 0 Å². The zero-order valence-electron chi connectivity index (χ0n) is 10.00. The van der Waals surface area contributed by atoms with Crippen LogP contribution < -0.4 is 4.90 Å². The fourth-order valence-corrected chi connectivity index (χ4v) is 3.46. The highest BCUT2D eigenvalue weighted by Gasteiger charge is 2.45. The van der Waals surface area contributed by atoms with E-state index < -0.39 is 0 Å². The third-order valence-corrected chi connectivity index (χ3v) is 4.63. The predicted molar refractivity (Wildman–Crippen MR) is 67.2 cm³/mol. The van der Waals surface area contributed by atoms with Crippen molar-refractivity contribution in [3.8, 4) is 6.07 Å². The average Bonchev–Trinajstić information content (AvgIpc) is 3.07. The van der Waals surface area contributed by atoms with Crippen LogP contribution in [0.3, 0.4) is 0 Å². The van der Waals surface area contributed by atoms with Crippen LogP contribution in [0.5, 0.6) is 0 Å². The summed E-state index contributed by atoms with van der Waals surface area (Å²) in [5.74, 6) is 0. The second-order valence-electron chi connectivity index (χ2n) is 5.68. The Labute approximate surface area is 102 Å². The maximum absolute atomic E-state index is 9.33. The second kappa shape index (κ2) is 3.04. The molecular weight excluding hydrogens is 208 g/mol. The minimum atomic E-state index is -0.115. The lowest BCUT2D eigenvalue weighted by molar-refractivity contribution is 0.718. The van der Waals surface area contributed by atoms with Gasteiger partial charge in [0.25, 0.3) is 0 Å². The molecule has 2 heterocycles. The molecule has 1 aromatic rings. The van der Waals surface area contributed by atoms with Crippen molar-refractivity contribution in [3.63, 3.8) is 0 Å². The smallest absolute Gasteiger partial charge is 0.0824 e. The summed E-state index contributed by atoms with van der Waals surface area (Å²) >= 11 is 0. The molecule has 2 heteroatoms. The summed E-state index contributed by atoms with van der Waals surface area (Å²) in [6.07, 6.45) is 5.78. The number of nitrogens with zero attached hydrogens (tertiary/aromatic N) is 2. The summed E-state index contributed by atoms with van der Waals surface area (Å²) in [7, 11) is 0. The Hall–Kier alpha value is -1.49. The first-order valence-electron chi connectivity index (χ1n) is 6.65. The summed E-state index contributed by atoms with van der Waals surface area (Å²) in [6.45, 7) is 2.41. The molecule has 0 unspecified atom stereocenters. The van der Waals surface area contributed by atoms with Crippen LogP contribution in [-0.4, -0.2) is 13.1 Å². The van der Waals surface area contributed by atoms with Gasteiger partial charge in [-0.1, -0.05) is 12.1 Å². The Morgan fingerprint density at radius 2 is 1.88 bits per heavy atom. The summed E-state index contributed by atoms with van der Waals surface area (Å²) in [6, 6.07) is 7.17. The molecule has 1 fully saturated rings. The Morgan fingerprint density at radius 1 is 1.12 bits per heavy atom. The Bertz CT molecular complexity index is 535. The molecule has 1 aromatic carbocycles. The molecule has 0 radical (unpaired) electrons. The number of rotatable bonds is 1. The van der Waals surface area contributed by atoms with Gasteiger partial charge in [-0.25, -0.2) is 0 Å². The molecule has 0 bridgehead atoms. The first-order chi connectivity index (χ1) is 8.32. The number of benzene rings is 1. The third-order valence-electron chi connectivity index (χ3n) is 4.63. The molecule has 0 saturated heterocycles. The molecule has 0 amide bonds. The Balaban J connectivity index is 1.89. The quantitative estimate of drug-likeness (QED) is 0.733. The van der Waals surface area contributed by atoms with Crippen LogP contribution in [0.1, 0.15) is 36.0 Å². The van der Waals surface area contributed by atoms with Crippen molar-refractivity contribution in [2.45, 2.75) is 37.5 Å². The lowest BCUT2D eigenvalue weighted by Crippen LogP contribution is -2.26. The van der Waals surface area contributed by atoms with Crippen LogP contribution >= 0.6 is 0 Å². The van der Waals surface area contributed by atoms with Gasteiger partial charge >= 0.3 is 0 Å². The molecule has 0 spiro atoms. The summed E-state index contributed by atoms with van der Waals surface area (Å²) in [5.41, 5.74) is 5.70. The Kier molecular flexibility index (Phi) is 1.71. The minimum absolute atomic E-state index is 0.115. The van der Waals surface area contributed by atoms with Crippen molar-refractivity contribution in [2.75, 3.05) is 18.0 Å². The normalized spacial score (nSPS) is 23.1. The standard InChI is InChI=1S/C15H16N2/c16-10-15(4-5-15)13-8-11-2-1-6-17-7-3-12(9-13)14(11)17/h8-9H,1-7H2. The molecular formula is C15H16N2. The number of hydrogen-bond donors (Lipinski definition) is 0. The monoisotopic (exact) mass is 224 g/mol. The highest BCUT2D eigenvalue weighted by molar-refractivity contribution is 5.67. The molecule has 86 valence electrons. The summed E-state index contributed by atoms with van der Waals surface area (Å²) in [4.78, 5) is 2.53. The van der Waals surface area contributed by atoms with Gasteiger partial charge in [0.15, 0.2) is 0 Å². The molecule has 2 nitrogen and oxygen atoms in total. The van der Waals surface area contributed by atoms with Crippen LogP contribution in [0.15, 0.2) is 12.1 Å². The zero-order valence-corrected chi connectivity index (χ0v) is 10.00. The van der Waals surface area contributed by atoms with Gasteiger partial charge in [0.1, 0.15) is 0 Å². The van der Waals surface area contributed by atoms with Gasteiger partial charge in [0, 0.05) is 18.8 Å². The molecule has 17 heavy (non-hydrogen) atoms. The van der Waals surface area contributed by atoms with Crippen molar-refractivity contribution >= 4 is 5.69 Å². The highest BCUT2D eigenvalue weighted by atomic mass is 15.2. The number of hydrogen-bond acceptors (Lipinski definition) is 2. The van der Waals surface area contributed by atoms with Crippen molar-refractivity contribution in [2.24, 2.45) is 0 Å². The van der Waals surface area contributed by atoms with E-state index in [1.54, 1.807) is 0 Å². The Morgan fingerprint density at radius 3 is 2.59 bits per heavy atom. The van der Waals surface area contributed by atoms with E-state index in [4.69, 9.17) is 0 Å². The van der Waals surface area contributed by atoms with E-state index in [1.807, 2.05) is 0 Å². The number of nitriles is 1. The third kappa shape index (κ3) is 1.20. The summed E-state index contributed by atoms with van der Waals surface area (Å²) in [5, 5.41) is 9.33. The van der Waals surface area contributed by atoms with E-state index in [0.29, 0.717) is 0 Å². The lowest BCUT2D eigenvalue weighted by atomic mass is 9.90. The van der Waals surface area contributed by atoms with Crippen molar-refractivity contribution in [3.05, 3.63) is 28.8 Å². The topological polar surface area (TPSA) is 27.0 Å². The van der Waals surface area contributed by atoms with Gasteiger partial charge in [-0.2, -0.15) is 5.26 Å². The highest BCUT2D eigenvalue weighted by Crippen LogP contribution is 2.50. The van der Waals surface area contributed by atoms with E-state index >= 15 is 0 Å². The second-order valence-corrected chi connectivity index (χ2v) is 5.68. The molecule has 2 aliphatic heterocycles. The molecule has 0 N–H and O–H groups in total. The lowest BCUT2D eigenvalue weighted by Gasteiger charge is -2.28. The largest absolute Gasteiger partial charge is 0.371 e. The fraction of sp³-hybridized carbons (Fsp3) is 0.533. The van der Waals surface area contributed by atoms with Crippen LogP contribution in [0, 0.1) is 11.3 Å². The van der Waals surface area contributed by atoms with Gasteiger partial charge in [-0.05, 0) is 48.8 Å². The van der Waals surface area contributed by atoms with E-state index in [9.17, 15) is 5.26 Å². The first kappa shape index (κ1) is 9.53. The predicted octanol–water partition coefficient (Wildman–Crippen LogP) is 2.55. The van der Waals surface area contributed by atoms with E-state index in [-0.39, 0.29) is 5.41 Å². The molecule has 3 aliphatic rings. The van der Waals surface area contributed by atoms with Crippen LogP contribution in [-0.2, 0) is 18.3 Å². The molecule has 0 atom stereocenters. The van der Waals surface area contributed by atoms with Gasteiger partial charge in [0.05, 0.1) is 11.5 Å². The van der Waals surface area contributed by atoms with Gasteiger partial charge in [-0.15, -0.1) is 0 Å². The van der Waals surface area contributed by atoms with Crippen LogP contribution in [0.4, 0.5) is 5.69 Å². The minimum Gasteiger partial charge on any atom is -0.371 e. The summed E-state index contributed by atoms with van der Waals surface area (Å²) < 4.78 is 0. The molecule has 4 rings (SSSR count). The van der Waals surface area contributed by atoms with E-state index in [1.165, 1.54) is 54.7 Å². The molecule has 1 saturated carbocycles. The fourth-order valence-electron chi connectivity index (χ4n) is 3.46. The van der Waals surface area contributed by atoms with E-state index in [0.717, 1.165) is 12.8 Å². The maximum atomic E-state index is 9.33. The van der Waals surface area contributed by atoms with E-state index in [2.05, 4.69) is 23.1 Å². The van der Waals surface area contributed by atoms with Gasteiger partial charge in [-0.3, -0.25) is 0 Å². The first-order valence-corrected chi connectivity index (χ1v) is 6.65. The van der Waals surface area contributed by atoms with Gasteiger partial charge < -0.3 is 4.90 Å². The maximum Gasteiger partial charge on any atom is 0.0824 e. The van der Waals surface area contributed by atoms with Crippen molar-refractivity contribution in [1.29, 1.82) is 5.26 Å². The van der Waals surface area contributed by atoms with Crippen LogP contribution in [0.25, 0.3) is 0 Å². The molecule has 0 aromatic heterocycles. The number of anilines is 1. The van der Waals surface area contributed by atoms with Crippen molar-refractivity contribution in [1.82, 2.24) is 0 Å². The van der Waals surface area contributed by atoms with Crippen LogP contribution in [0.2, 0.25) is 0 Å². The number of aryl methyl sites for hydroxylation is 1.